The molecule has 1 fully saturated rings. The Morgan fingerprint density at radius 1 is 1.13 bits per heavy atom. The van der Waals surface area contributed by atoms with Gasteiger partial charge in [0.05, 0.1) is 5.75 Å². The SMILES string of the molecule is Cc1ccccc1OCc1nnc(SCC(=O)N2CCCC(C)C2)n1-c1ccccc1. The van der Waals surface area contributed by atoms with E-state index in [1.807, 2.05) is 71.0 Å². The van der Waals surface area contributed by atoms with Crippen LogP contribution in [0.5, 0.6) is 5.75 Å². The summed E-state index contributed by atoms with van der Waals surface area (Å²) in [5.41, 5.74) is 2.03. The van der Waals surface area contributed by atoms with Crippen LogP contribution < -0.4 is 4.74 Å². The lowest BCUT2D eigenvalue weighted by Gasteiger charge is -2.30. The zero-order valence-corrected chi connectivity index (χ0v) is 18.8. The summed E-state index contributed by atoms with van der Waals surface area (Å²) in [4.78, 5) is 14.7. The van der Waals surface area contributed by atoms with Crippen LogP contribution in [0.1, 0.15) is 31.2 Å². The van der Waals surface area contributed by atoms with Crippen molar-refractivity contribution in [3.8, 4) is 11.4 Å². The summed E-state index contributed by atoms with van der Waals surface area (Å²) < 4.78 is 8.00. The minimum atomic E-state index is 0.164. The van der Waals surface area contributed by atoms with Gasteiger partial charge in [0.2, 0.25) is 5.91 Å². The van der Waals surface area contributed by atoms with Crippen LogP contribution in [-0.4, -0.2) is 44.4 Å². The Kier molecular flexibility index (Phi) is 6.92. The molecule has 0 spiro atoms. The van der Waals surface area contributed by atoms with E-state index < -0.39 is 0 Å². The normalized spacial score (nSPS) is 16.3. The summed E-state index contributed by atoms with van der Waals surface area (Å²) in [5, 5.41) is 9.47. The minimum absolute atomic E-state index is 0.164. The van der Waals surface area contributed by atoms with Gasteiger partial charge in [0.1, 0.15) is 12.4 Å². The van der Waals surface area contributed by atoms with E-state index in [4.69, 9.17) is 4.74 Å². The first-order chi connectivity index (χ1) is 15.1. The summed E-state index contributed by atoms with van der Waals surface area (Å²) in [7, 11) is 0. The Bertz CT molecular complexity index is 1020. The van der Waals surface area contributed by atoms with Gasteiger partial charge in [-0.25, -0.2) is 0 Å². The first-order valence-electron chi connectivity index (χ1n) is 10.7. The number of aryl methyl sites for hydroxylation is 1. The van der Waals surface area contributed by atoms with Crippen molar-refractivity contribution in [2.24, 2.45) is 5.92 Å². The smallest absolute Gasteiger partial charge is 0.233 e. The van der Waals surface area contributed by atoms with Crippen molar-refractivity contribution >= 4 is 17.7 Å². The number of rotatable bonds is 7. The summed E-state index contributed by atoms with van der Waals surface area (Å²) >= 11 is 1.43. The highest BCUT2D eigenvalue weighted by Gasteiger charge is 2.22. The van der Waals surface area contributed by atoms with Crippen LogP contribution in [0, 0.1) is 12.8 Å². The molecular weight excluding hydrogens is 408 g/mol. The summed E-state index contributed by atoms with van der Waals surface area (Å²) in [5.74, 6) is 2.62. The fraction of sp³-hybridized carbons (Fsp3) is 0.375. The maximum atomic E-state index is 12.7. The molecule has 1 aromatic heterocycles. The molecule has 6 nitrogen and oxygen atoms in total. The summed E-state index contributed by atoms with van der Waals surface area (Å²) in [6, 6.07) is 17.9. The van der Waals surface area contributed by atoms with Crippen molar-refractivity contribution in [2.45, 2.75) is 38.5 Å². The van der Waals surface area contributed by atoms with Crippen molar-refractivity contribution in [3.05, 3.63) is 66.0 Å². The van der Waals surface area contributed by atoms with Gasteiger partial charge in [-0.2, -0.15) is 0 Å². The molecule has 162 valence electrons. The highest BCUT2D eigenvalue weighted by atomic mass is 32.2. The van der Waals surface area contributed by atoms with Gasteiger partial charge in [0.15, 0.2) is 11.0 Å². The van der Waals surface area contributed by atoms with Crippen LogP contribution in [0.25, 0.3) is 5.69 Å². The van der Waals surface area contributed by atoms with Gasteiger partial charge in [-0.3, -0.25) is 9.36 Å². The van der Waals surface area contributed by atoms with Crippen molar-refractivity contribution < 1.29 is 9.53 Å². The summed E-state index contributed by atoms with van der Waals surface area (Å²) in [6.07, 6.45) is 2.28. The molecule has 1 atom stereocenters. The molecular formula is C24H28N4O2S. The number of likely N-dealkylation sites (tertiary alicyclic amines) is 1. The Morgan fingerprint density at radius 3 is 2.68 bits per heavy atom. The minimum Gasteiger partial charge on any atom is -0.485 e. The molecule has 1 saturated heterocycles. The Hall–Kier alpha value is -2.80. The molecule has 1 amide bonds. The van der Waals surface area contributed by atoms with Crippen molar-refractivity contribution in [3.63, 3.8) is 0 Å². The lowest BCUT2D eigenvalue weighted by atomic mass is 10.0. The number of hydrogen-bond donors (Lipinski definition) is 0. The third kappa shape index (κ3) is 5.28. The lowest BCUT2D eigenvalue weighted by Crippen LogP contribution is -2.40. The molecule has 2 aromatic carbocycles. The molecule has 2 heterocycles. The molecule has 1 aliphatic heterocycles. The molecule has 1 unspecified atom stereocenters. The number of amides is 1. The number of nitrogens with zero attached hydrogens (tertiary/aromatic N) is 4. The van der Waals surface area contributed by atoms with Crippen molar-refractivity contribution in [1.82, 2.24) is 19.7 Å². The number of thioether (sulfide) groups is 1. The molecule has 0 aliphatic carbocycles. The topological polar surface area (TPSA) is 60.3 Å². The maximum absolute atomic E-state index is 12.7. The highest BCUT2D eigenvalue weighted by molar-refractivity contribution is 7.99. The van der Waals surface area contributed by atoms with E-state index in [0.717, 1.165) is 36.5 Å². The van der Waals surface area contributed by atoms with Crippen LogP contribution >= 0.6 is 11.8 Å². The number of ether oxygens (including phenoxy) is 1. The largest absolute Gasteiger partial charge is 0.485 e. The van der Waals surface area contributed by atoms with Gasteiger partial charge in [0.25, 0.3) is 0 Å². The fourth-order valence-electron chi connectivity index (χ4n) is 3.82. The predicted molar refractivity (Wildman–Crippen MR) is 123 cm³/mol. The molecule has 0 radical (unpaired) electrons. The fourth-order valence-corrected chi connectivity index (χ4v) is 4.69. The molecule has 3 aromatic rings. The highest BCUT2D eigenvalue weighted by Crippen LogP contribution is 2.25. The van der Waals surface area contributed by atoms with Gasteiger partial charge < -0.3 is 9.64 Å². The molecule has 0 saturated carbocycles. The number of piperidine rings is 1. The number of benzene rings is 2. The average molecular weight is 437 g/mol. The Labute approximate surface area is 187 Å². The molecule has 1 aliphatic rings. The number of para-hydroxylation sites is 2. The lowest BCUT2D eigenvalue weighted by molar-refractivity contribution is -0.130. The Balaban J connectivity index is 1.51. The van der Waals surface area contributed by atoms with E-state index in [-0.39, 0.29) is 5.91 Å². The zero-order valence-electron chi connectivity index (χ0n) is 18.0. The van der Waals surface area contributed by atoms with Crippen molar-refractivity contribution in [2.75, 3.05) is 18.8 Å². The van der Waals surface area contributed by atoms with E-state index in [9.17, 15) is 4.79 Å². The van der Waals surface area contributed by atoms with E-state index in [1.54, 1.807) is 0 Å². The van der Waals surface area contributed by atoms with E-state index in [0.29, 0.717) is 29.3 Å². The number of carbonyl (C=O) groups is 1. The molecule has 0 N–H and O–H groups in total. The zero-order chi connectivity index (χ0) is 21.6. The number of aromatic nitrogens is 3. The predicted octanol–water partition coefficient (Wildman–Crippen LogP) is 4.51. The first-order valence-corrected chi connectivity index (χ1v) is 11.7. The van der Waals surface area contributed by atoms with Crippen LogP contribution in [0.4, 0.5) is 0 Å². The third-order valence-corrected chi connectivity index (χ3v) is 6.41. The van der Waals surface area contributed by atoms with Crippen LogP contribution in [0.15, 0.2) is 59.8 Å². The monoisotopic (exact) mass is 436 g/mol. The van der Waals surface area contributed by atoms with Crippen LogP contribution in [0.3, 0.4) is 0 Å². The molecule has 7 heteroatoms. The Morgan fingerprint density at radius 2 is 1.90 bits per heavy atom. The van der Waals surface area contributed by atoms with Gasteiger partial charge >= 0.3 is 0 Å². The second-order valence-corrected chi connectivity index (χ2v) is 8.94. The maximum Gasteiger partial charge on any atom is 0.233 e. The molecule has 0 bridgehead atoms. The molecule has 4 rings (SSSR count). The van der Waals surface area contributed by atoms with E-state index in [2.05, 4.69) is 17.1 Å². The quantitative estimate of drug-likeness (QED) is 0.510. The first kappa shape index (κ1) is 21.4. The van der Waals surface area contributed by atoms with Crippen molar-refractivity contribution in [1.29, 1.82) is 0 Å². The third-order valence-electron chi connectivity index (χ3n) is 5.50. The standard InChI is InChI=1S/C24H28N4O2S/c1-18-9-8-14-27(15-18)23(29)17-31-24-26-25-22(28(24)20-11-4-3-5-12-20)16-30-21-13-7-6-10-19(21)2/h3-7,10-13,18H,8-9,14-17H2,1-2H3. The van der Waals surface area contributed by atoms with E-state index >= 15 is 0 Å². The molecule has 31 heavy (non-hydrogen) atoms. The van der Waals surface area contributed by atoms with Gasteiger partial charge in [0, 0.05) is 18.8 Å². The van der Waals surface area contributed by atoms with Gasteiger partial charge in [-0.05, 0) is 49.4 Å². The average Bonchev–Trinajstić information content (AvgIpc) is 3.20. The second-order valence-electron chi connectivity index (χ2n) is 8.00. The second kappa shape index (κ2) is 10.0. The van der Waals surface area contributed by atoms with Crippen LogP contribution in [0.2, 0.25) is 0 Å². The van der Waals surface area contributed by atoms with Gasteiger partial charge in [-0.15, -0.1) is 10.2 Å². The van der Waals surface area contributed by atoms with E-state index in [1.165, 1.54) is 18.2 Å². The number of hydrogen-bond acceptors (Lipinski definition) is 5. The number of carbonyl (C=O) groups excluding carboxylic acids is 1. The summed E-state index contributed by atoms with van der Waals surface area (Å²) in [6.45, 7) is 6.22. The van der Waals surface area contributed by atoms with Crippen LogP contribution in [-0.2, 0) is 11.4 Å². The van der Waals surface area contributed by atoms with Gasteiger partial charge in [-0.1, -0.05) is 55.1 Å².